The minimum atomic E-state index is -0.738. The lowest BCUT2D eigenvalue weighted by atomic mass is 10.0. The molecule has 0 aromatic carbocycles. The molecule has 3 N–H and O–H groups in total. The number of nitrogens with one attached hydrogen (secondary N) is 1. The van der Waals surface area contributed by atoms with E-state index in [0.29, 0.717) is 6.04 Å². The zero-order valence-corrected chi connectivity index (χ0v) is 10.0. The topological polar surface area (TPSA) is 69.2 Å². The van der Waals surface area contributed by atoms with Crippen molar-refractivity contribution >= 4 is 12.1 Å². The predicted octanol–water partition coefficient (Wildman–Crippen LogP) is 0.205. The van der Waals surface area contributed by atoms with Gasteiger partial charge in [0.1, 0.15) is 0 Å². The highest BCUT2D eigenvalue weighted by molar-refractivity contribution is 6.30. The van der Waals surface area contributed by atoms with E-state index in [0.717, 1.165) is 12.4 Å². The van der Waals surface area contributed by atoms with E-state index in [9.17, 15) is 0 Å². The maximum absolute atomic E-state index is 6.49. The summed E-state index contributed by atoms with van der Waals surface area (Å²) >= 11 is 0. The van der Waals surface area contributed by atoms with Crippen LogP contribution in [0, 0.1) is 0 Å². The van der Waals surface area contributed by atoms with Crippen molar-refractivity contribution in [1.29, 1.82) is 0 Å². The highest BCUT2D eigenvalue weighted by Crippen LogP contribution is 2.27. The van der Waals surface area contributed by atoms with E-state index < -0.39 is 5.91 Å². The lowest BCUT2D eigenvalue weighted by Gasteiger charge is -2.47. The molecule has 0 amide bonds. The molecule has 3 heterocycles. The van der Waals surface area contributed by atoms with Crippen molar-refractivity contribution in [3.05, 3.63) is 12.4 Å². The Kier molecular flexibility index (Phi) is 2.41. The van der Waals surface area contributed by atoms with Crippen LogP contribution in [0.4, 0.5) is 0 Å². The average molecular weight is 234 g/mol. The van der Waals surface area contributed by atoms with E-state index in [1.807, 2.05) is 11.1 Å². The van der Waals surface area contributed by atoms with E-state index in [1.54, 1.807) is 12.4 Å². The molecule has 0 radical (unpaired) electrons. The van der Waals surface area contributed by atoms with Crippen molar-refractivity contribution in [2.75, 3.05) is 6.54 Å². The lowest BCUT2D eigenvalue weighted by molar-refractivity contribution is -0.0489. The summed E-state index contributed by atoms with van der Waals surface area (Å²) in [5.41, 5.74) is 9.54. The molecule has 92 valence electrons. The highest BCUT2D eigenvalue weighted by atomic mass is 15.7. The predicted molar refractivity (Wildman–Crippen MR) is 67.0 cm³/mol. The number of fused-ring (bicyclic) bond motifs is 1. The van der Waals surface area contributed by atoms with Gasteiger partial charge in [-0.25, -0.2) is 4.90 Å². The summed E-state index contributed by atoms with van der Waals surface area (Å²) in [5, 5.41) is 4.25. The molecule has 6 heteroatoms. The summed E-state index contributed by atoms with van der Waals surface area (Å²) < 4.78 is 0. The van der Waals surface area contributed by atoms with Crippen molar-refractivity contribution in [2.24, 2.45) is 15.8 Å². The lowest BCUT2D eigenvalue weighted by Crippen LogP contribution is -2.72. The minimum Gasteiger partial charge on any atom is -0.278 e. The summed E-state index contributed by atoms with van der Waals surface area (Å²) in [6.45, 7) is 3.21. The summed E-state index contributed by atoms with van der Waals surface area (Å²) in [5.74, 6) is 0.0331. The first-order chi connectivity index (χ1) is 8.22. The van der Waals surface area contributed by atoms with Gasteiger partial charge in [-0.1, -0.05) is 6.42 Å². The van der Waals surface area contributed by atoms with Crippen LogP contribution in [0.15, 0.2) is 22.5 Å². The Balaban J connectivity index is 1.87. The molecular formula is C11H18N6. The van der Waals surface area contributed by atoms with Crippen molar-refractivity contribution < 1.29 is 0 Å². The van der Waals surface area contributed by atoms with Gasteiger partial charge in [0.2, 0.25) is 5.91 Å². The first-order valence-corrected chi connectivity index (χ1v) is 6.11. The first kappa shape index (κ1) is 10.7. The van der Waals surface area contributed by atoms with Crippen LogP contribution in [0.25, 0.3) is 0 Å². The molecule has 0 aromatic rings. The molecule has 0 spiro atoms. The number of nitrogens with zero attached hydrogens (tertiary/aromatic N) is 4. The van der Waals surface area contributed by atoms with Gasteiger partial charge in [0.25, 0.3) is 0 Å². The maximum atomic E-state index is 6.49. The van der Waals surface area contributed by atoms with Gasteiger partial charge in [-0.3, -0.25) is 21.1 Å². The van der Waals surface area contributed by atoms with Crippen LogP contribution < -0.4 is 11.2 Å². The molecule has 17 heavy (non-hydrogen) atoms. The molecule has 0 bridgehead atoms. The van der Waals surface area contributed by atoms with Gasteiger partial charge in [-0.15, -0.1) is 0 Å². The summed E-state index contributed by atoms with van der Waals surface area (Å²) in [6, 6.07) is 0.461. The Morgan fingerprint density at radius 3 is 3.24 bits per heavy atom. The number of piperidine rings is 1. The third-order valence-corrected chi connectivity index (χ3v) is 3.68. The largest absolute Gasteiger partial charge is 0.278 e. The van der Waals surface area contributed by atoms with E-state index in [2.05, 4.69) is 27.3 Å². The van der Waals surface area contributed by atoms with Gasteiger partial charge in [-0.2, -0.15) is 5.10 Å². The van der Waals surface area contributed by atoms with Crippen LogP contribution in [0.3, 0.4) is 0 Å². The molecule has 3 aliphatic heterocycles. The van der Waals surface area contributed by atoms with Crippen LogP contribution in [0.5, 0.6) is 0 Å². The zero-order chi connectivity index (χ0) is 11.9. The monoisotopic (exact) mass is 234 g/mol. The fourth-order valence-electron chi connectivity index (χ4n) is 2.73. The fraction of sp³-hybridized carbons (Fsp3) is 0.636. The third-order valence-electron chi connectivity index (χ3n) is 3.68. The van der Waals surface area contributed by atoms with Crippen LogP contribution in [0.1, 0.15) is 26.2 Å². The normalized spacial score (nSPS) is 36.7. The third kappa shape index (κ3) is 1.56. The number of aliphatic imine (C=N–C) groups is 1. The van der Waals surface area contributed by atoms with Gasteiger partial charge >= 0.3 is 0 Å². The number of nitrogens with two attached hydrogens (primary N) is 1. The van der Waals surface area contributed by atoms with Gasteiger partial charge in [0.05, 0.1) is 6.21 Å². The molecule has 0 saturated carbocycles. The standard InChI is InChI=1S/C11H18N6/c1-9-4-2-3-6-16(9)11(12)15-14-10-8-13-5-7-17(10)11/h5,7-9,15H,2-4,6,12H2,1H3. The SMILES string of the molecule is CC1CCCCN1C1(N)NN=C2C=NC=CN21. The molecule has 3 aliphatic rings. The van der Waals surface area contributed by atoms with Gasteiger partial charge in [-0.05, 0) is 19.8 Å². The van der Waals surface area contributed by atoms with Gasteiger partial charge < -0.3 is 0 Å². The molecule has 2 atom stereocenters. The quantitative estimate of drug-likeness (QED) is 0.680. The Morgan fingerprint density at radius 1 is 1.53 bits per heavy atom. The average Bonchev–Trinajstić information content (AvgIpc) is 2.70. The molecule has 0 aliphatic carbocycles. The molecule has 2 unspecified atom stereocenters. The smallest absolute Gasteiger partial charge is 0.247 e. The second-order valence-corrected chi connectivity index (χ2v) is 4.79. The number of likely N-dealkylation sites (tertiary alicyclic amines) is 1. The minimum absolute atomic E-state index is 0.461. The van der Waals surface area contributed by atoms with Gasteiger partial charge in [0.15, 0.2) is 5.84 Å². The Bertz CT molecular complexity index is 401. The molecule has 0 aromatic heterocycles. The number of hydrogen-bond donors (Lipinski definition) is 2. The molecular weight excluding hydrogens is 216 g/mol. The van der Waals surface area contributed by atoms with E-state index in [4.69, 9.17) is 5.73 Å². The Hall–Kier alpha value is -1.40. The second-order valence-electron chi connectivity index (χ2n) is 4.79. The van der Waals surface area contributed by atoms with Crippen LogP contribution >= 0.6 is 0 Å². The number of rotatable bonds is 1. The number of hydrazone groups is 1. The summed E-state index contributed by atoms with van der Waals surface area (Å²) in [4.78, 5) is 8.28. The highest BCUT2D eigenvalue weighted by Gasteiger charge is 2.46. The Labute approximate surface area is 101 Å². The van der Waals surface area contributed by atoms with E-state index in [1.165, 1.54) is 19.3 Å². The van der Waals surface area contributed by atoms with Crippen molar-refractivity contribution in [2.45, 2.75) is 38.1 Å². The molecule has 3 rings (SSSR count). The number of hydrogen-bond acceptors (Lipinski definition) is 6. The van der Waals surface area contributed by atoms with Crippen molar-refractivity contribution in [1.82, 2.24) is 15.2 Å². The number of amidine groups is 1. The summed E-state index contributed by atoms with van der Waals surface area (Å²) in [7, 11) is 0. The van der Waals surface area contributed by atoms with Crippen LogP contribution in [-0.4, -0.2) is 40.3 Å². The van der Waals surface area contributed by atoms with Crippen molar-refractivity contribution in [3.63, 3.8) is 0 Å². The van der Waals surface area contributed by atoms with Crippen LogP contribution in [-0.2, 0) is 0 Å². The summed E-state index contributed by atoms with van der Waals surface area (Å²) in [6.07, 6.45) is 8.98. The van der Waals surface area contributed by atoms with Gasteiger partial charge in [0, 0.05) is 25.0 Å². The van der Waals surface area contributed by atoms with E-state index >= 15 is 0 Å². The molecule has 1 fully saturated rings. The first-order valence-electron chi connectivity index (χ1n) is 6.11. The Morgan fingerprint density at radius 2 is 2.41 bits per heavy atom. The zero-order valence-electron chi connectivity index (χ0n) is 10.0. The van der Waals surface area contributed by atoms with Crippen LogP contribution in [0.2, 0.25) is 0 Å². The van der Waals surface area contributed by atoms with E-state index in [-0.39, 0.29) is 0 Å². The molecule has 6 nitrogen and oxygen atoms in total. The fourth-order valence-corrected chi connectivity index (χ4v) is 2.73. The second kappa shape index (κ2) is 3.82. The maximum Gasteiger partial charge on any atom is 0.247 e. The molecule has 1 saturated heterocycles. The van der Waals surface area contributed by atoms with Crippen molar-refractivity contribution in [3.8, 4) is 0 Å².